The average Bonchev–Trinajstić information content (AvgIpc) is 2.42. The van der Waals surface area contributed by atoms with Crippen molar-refractivity contribution in [2.24, 2.45) is 17.6 Å². The van der Waals surface area contributed by atoms with Crippen LogP contribution >= 0.6 is 0 Å². The van der Waals surface area contributed by atoms with Gasteiger partial charge in [0.2, 0.25) is 0 Å². The molecule has 4 atom stereocenters. The fourth-order valence-electron chi connectivity index (χ4n) is 4.03. The summed E-state index contributed by atoms with van der Waals surface area (Å²) in [7, 11) is 0. The molecule has 0 bridgehead atoms. The Bertz CT molecular complexity index is 241. The van der Waals surface area contributed by atoms with Gasteiger partial charge in [0.05, 0.1) is 0 Å². The van der Waals surface area contributed by atoms with Crippen LogP contribution in [-0.4, -0.2) is 30.1 Å². The molecule has 18 heavy (non-hydrogen) atoms. The zero-order valence-corrected chi connectivity index (χ0v) is 12.4. The van der Waals surface area contributed by atoms with Gasteiger partial charge in [0.1, 0.15) is 0 Å². The van der Waals surface area contributed by atoms with Gasteiger partial charge in [-0.3, -0.25) is 0 Å². The summed E-state index contributed by atoms with van der Waals surface area (Å²) < 4.78 is 0. The van der Waals surface area contributed by atoms with Gasteiger partial charge in [-0.15, -0.1) is 0 Å². The third-order valence-electron chi connectivity index (χ3n) is 5.42. The maximum atomic E-state index is 6.37. The fourth-order valence-corrected chi connectivity index (χ4v) is 4.03. The van der Waals surface area contributed by atoms with Crippen molar-refractivity contribution >= 4 is 0 Å². The Morgan fingerprint density at radius 1 is 1.06 bits per heavy atom. The molecule has 1 aliphatic heterocycles. The molecular formula is C16H32N2. The predicted molar refractivity (Wildman–Crippen MR) is 78.6 cm³/mol. The van der Waals surface area contributed by atoms with Crippen molar-refractivity contribution in [3.05, 3.63) is 0 Å². The Morgan fingerprint density at radius 3 is 2.61 bits per heavy atom. The van der Waals surface area contributed by atoms with Crippen molar-refractivity contribution in [1.29, 1.82) is 0 Å². The summed E-state index contributed by atoms with van der Waals surface area (Å²) in [6, 6.07) is 1.31. The molecule has 106 valence electrons. The second-order valence-corrected chi connectivity index (χ2v) is 6.56. The first-order chi connectivity index (χ1) is 8.74. The van der Waals surface area contributed by atoms with Crippen molar-refractivity contribution in [2.75, 3.05) is 13.1 Å². The van der Waals surface area contributed by atoms with Crippen molar-refractivity contribution in [1.82, 2.24) is 4.90 Å². The van der Waals surface area contributed by atoms with E-state index in [2.05, 4.69) is 18.7 Å². The van der Waals surface area contributed by atoms with Gasteiger partial charge in [0.25, 0.3) is 0 Å². The van der Waals surface area contributed by atoms with Crippen LogP contribution in [0.4, 0.5) is 0 Å². The van der Waals surface area contributed by atoms with Crippen molar-refractivity contribution in [3.8, 4) is 0 Å². The van der Waals surface area contributed by atoms with Crippen LogP contribution in [0.1, 0.15) is 65.2 Å². The molecule has 4 unspecified atom stereocenters. The molecule has 1 heterocycles. The lowest BCUT2D eigenvalue weighted by Gasteiger charge is -2.41. The molecule has 2 rings (SSSR count). The van der Waals surface area contributed by atoms with Crippen LogP contribution in [-0.2, 0) is 0 Å². The minimum Gasteiger partial charge on any atom is -0.327 e. The molecule has 0 spiro atoms. The van der Waals surface area contributed by atoms with Gasteiger partial charge in [0, 0.05) is 18.6 Å². The highest BCUT2D eigenvalue weighted by Gasteiger charge is 2.31. The normalized spacial score (nSPS) is 38.8. The average molecular weight is 252 g/mol. The molecule has 0 aromatic carbocycles. The number of nitrogens with two attached hydrogens (primary N) is 1. The summed E-state index contributed by atoms with van der Waals surface area (Å²) in [4.78, 5) is 2.76. The summed E-state index contributed by atoms with van der Waals surface area (Å²) >= 11 is 0. The Labute approximate surface area is 113 Å². The molecule has 2 nitrogen and oxygen atoms in total. The highest BCUT2D eigenvalue weighted by Crippen LogP contribution is 2.32. The summed E-state index contributed by atoms with van der Waals surface area (Å²) in [6.07, 6.45) is 10.9. The lowest BCUT2D eigenvalue weighted by Crippen LogP contribution is -2.47. The number of rotatable bonds is 4. The van der Waals surface area contributed by atoms with E-state index in [1.165, 1.54) is 64.5 Å². The lowest BCUT2D eigenvalue weighted by molar-refractivity contribution is 0.0914. The van der Waals surface area contributed by atoms with Gasteiger partial charge in [-0.2, -0.15) is 0 Å². The molecular weight excluding hydrogens is 220 g/mol. The van der Waals surface area contributed by atoms with E-state index in [4.69, 9.17) is 5.73 Å². The third-order valence-corrected chi connectivity index (χ3v) is 5.42. The predicted octanol–water partition coefficient (Wildman–Crippen LogP) is 3.40. The van der Waals surface area contributed by atoms with Crippen molar-refractivity contribution in [3.63, 3.8) is 0 Å². The number of hydrogen-bond acceptors (Lipinski definition) is 2. The molecule has 2 fully saturated rings. The molecule has 0 aromatic heterocycles. The lowest BCUT2D eigenvalue weighted by atomic mass is 9.76. The van der Waals surface area contributed by atoms with E-state index in [1.807, 2.05) is 0 Å². The smallest absolute Gasteiger partial charge is 0.00927 e. The molecule has 0 aromatic rings. The Balaban J connectivity index is 1.89. The zero-order valence-electron chi connectivity index (χ0n) is 12.4. The topological polar surface area (TPSA) is 29.3 Å². The monoisotopic (exact) mass is 252 g/mol. The Hall–Kier alpha value is -0.0800. The van der Waals surface area contributed by atoms with Crippen LogP contribution in [0.25, 0.3) is 0 Å². The standard InChI is InChI=1S/C16H32N2/c1-3-13-8-9-16(17)14(11-13)12-18-10-6-5-7-15(18)4-2/h13-16H,3-12,17H2,1-2H3. The van der Waals surface area contributed by atoms with Crippen LogP contribution in [0.3, 0.4) is 0 Å². The van der Waals surface area contributed by atoms with Crippen LogP contribution in [0.15, 0.2) is 0 Å². The first-order valence-corrected chi connectivity index (χ1v) is 8.24. The van der Waals surface area contributed by atoms with Crippen molar-refractivity contribution in [2.45, 2.75) is 77.3 Å². The van der Waals surface area contributed by atoms with Crippen LogP contribution in [0.2, 0.25) is 0 Å². The van der Waals surface area contributed by atoms with Gasteiger partial charge in [-0.1, -0.05) is 26.7 Å². The largest absolute Gasteiger partial charge is 0.327 e. The van der Waals surface area contributed by atoms with Gasteiger partial charge in [-0.25, -0.2) is 0 Å². The van der Waals surface area contributed by atoms with Crippen LogP contribution in [0, 0.1) is 11.8 Å². The van der Waals surface area contributed by atoms with E-state index < -0.39 is 0 Å². The van der Waals surface area contributed by atoms with Gasteiger partial charge in [0.15, 0.2) is 0 Å². The molecule has 1 aliphatic carbocycles. The zero-order chi connectivity index (χ0) is 13.0. The molecule has 0 amide bonds. The van der Waals surface area contributed by atoms with Crippen LogP contribution in [0.5, 0.6) is 0 Å². The summed E-state index contributed by atoms with van der Waals surface area (Å²) in [5.41, 5.74) is 6.37. The van der Waals surface area contributed by atoms with E-state index >= 15 is 0 Å². The highest BCUT2D eigenvalue weighted by atomic mass is 15.2. The second kappa shape index (κ2) is 6.91. The minimum atomic E-state index is 0.465. The SMILES string of the molecule is CCC1CCC(N)C(CN2CCCCC2CC)C1. The van der Waals surface area contributed by atoms with Crippen LogP contribution < -0.4 is 5.73 Å². The van der Waals surface area contributed by atoms with E-state index in [0.29, 0.717) is 6.04 Å². The minimum absolute atomic E-state index is 0.465. The Morgan fingerprint density at radius 2 is 1.89 bits per heavy atom. The highest BCUT2D eigenvalue weighted by molar-refractivity contribution is 4.86. The van der Waals surface area contributed by atoms with E-state index in [-0.39, 0.29) is 0 Å². The molecule has 0 radical (unpaired) electrons. The Kier molecular flexibility index (Phi) is 5.50. The fraction of sp³-hybridized carbons (Fsp3) is 1.00. The molecule has 1 saturated carbocycles. The first kappa shape index (κ1) is 14.3. The summed E-state index contributed by atoms with van der Waals surface area (Å²) in [5.74, 6) is 1.70. The van der Waals surface area contributed by atoms with Gasteiger partial charge >= 0.3 is 0 Å². The molecule has 2 aliphatic rings. The number of piperidine rings is 1. The first-order valence-electron chi connectivity index (χ1n) is 8.24. The van der Waals surface area contributed by atoms with E-state index in [1.54, 1.807) is 0 Å². The number of nitrogens with zero attached hydrogens (tertiary/aromatic N) is 1. The quantitative estimate of drug-likeness (QED) is 0.831. The van der Waals surface area contributed by atoms with E-state index in [9.17, 15) is 0 Å². The van der Waals surface area contributed by atoms with Crippen molar-refractivity contribution < 1.29 is 0 Å². The second-order valence-electron chi connectivity index (χ2n) is 6.56. The third kappa shape index (κ3) is 3.48. The summed E-state index contributed by atoms with van der Waals surface area (Å²) in [5, 5.41) is 0. The van der Waals surface area contributed by atoms with Gasteiger partial charge < -0.3 is 10.6 Å². The molecule has 1 saturated heterocycles. The maximum Gasteiger partial charge on any atom is 0.00927 e. The number of hydrogen-bond donors (Lipinski definition) is 1. The summed E-state index contributed by atoms with van der Waals surface area (Å²) in [6.45, 7) is 7.28. The molecule has 2 N–H and O–H groups in total. The maximum absolute atomic E-state index is 6.37. The molecule has 2 heteroatoms. The van der Waals surface area contributed by atoms with Gasteiger partial charge in [-0.05, 0) is 56.9 Å². The van der Waals surface area contributed by atoms with E-state index in [0.717, 1.165) is 17.9 Å². The number of likely N-dealkylation sites (tertiary alicyclic amines) is 1.